The summed E-state index contributed by atoms with van der Waals surface area (Å²) >= 11 is 0. The quantitative estimate of drug-likeness (QED) is 0.688. The molecule has 27 heavy (non-hydrogen) atoms. The van der Waals surface area contributed by atoms with Gasteiger partial charge < -0.3 is 14.9 Å². The number of hydrogen-bond acceptors (Lipinski definition) is 5. The SMILES string of the molecule is CC(=O)O[C@H]1CC[C@@]2(C)C(=CC(=O)C3C2C(O)C[C@@]2(C)C3CC[C@]2(C)O)C1. The van der Waals surface area contributed by atoms with E-state index in [0.717, 1.165) is 24.8 Å². The molecule has 0 saturated heterocycles. The van der Waals surface area contributed by atoms with Crippen LogP contribution in [0.2, 0.25) is 0 Å². The predicted molar refractivity (Wildman–Crippen MR) is 99.7 cm³/mol. The van der Waals surface area contributed by atoms with Crippen molar-refractivity contribution < 1.29 is 24.5 Å². The summed E-state index contributed by atoms with van der Waals surface area (Å²) in [6, 6.07) is 0. The molecule has 4 rings (SSSR count). The van der Waals surface area contributed by atoms with E-state index >= 15 is 0 Å². The van der Waals surface area contributed by atoms with Crippen molar-refractivity contribution in [1.82, 2.24) is 0 Å². The molecule has 0 radical (unpaired) electrons. The molecule has 5 nitrogen and oxygen atoms in total. The van der Waals surface area contributed by atoms with Crippen molar-refractivity contribution in [3.63, 3.8) is 0 Å². The number of allylic oxidation sites excluding steroid dienone is 1. The van der Waals surface area contributed by atoms with E-state index in [1.54, 1.807) is 6.08 Å². The molecule has 3 fully saturated rings. The Morgan fingerprint density at radius 3 is 2.59 bits per heavy atom. The average Bonchev–Trinajstić information content (AvgIpc) is 2.78. The van der Waals surface area contributed by atoms with Crippen LogP contribution in [0.4, 0.5) is 0 Å². The van der Waals surface area contributed by atoms with Crippen LogP contribution in [0.15, 0.2) is 11.6 Å². The lowest BCUT2D eigenvalue weighted by Gasteiger charge is -2.59. The number of aliphatic hydroxyl groups is 2. The van der Waals surface area contributed by atoms with Gasteiger partial charge in [0.2, 0.25) is 0 Å². The van der Waals surface area contributed by atoms with E-state index in [1.165, 1.54) is 6.92 Å². The first kappa shape index (κ1) is 19.1. The second-order valence-electron chi connectivity index (χ2n) is 10.1. The molecule has 3 saturated carbocycles. The van der Waals surface area contributed by atoms with E-state index in [4.69, 9.17) is 4.74 Å². The number of hydrogen-bond donors (Lipinski definition) is 2. The van der Waals surface area contributed by atoms with Crippen molar-refractivity contribution in [2.24, 2.45) is 28.6 Å². The zero-order chi connectivity index (χ0) is 19.8. The molecule has 0 aromatic carbocycles. The fourth-order valence-corrected chi connectivity index (χ4v) is 7.04. The number of esters is 1. The number of carbonyl (C=O) groups excluding carboxylic acids is 2. The molecule has 0 aromatic rings. The fraction of sp³-hybridized carbons (Fsp3) is 0.818. The molecular weight excluding hydrogens is 344 g/mol. The standard InChI is InChI=1S/C22H32O5/c1-12(23)27-14-5-7-20(2)13(9-14)10-16(24)18-15-6-8-22(4,26)21(15,3)11-17(25)19(18)20/h10,14-15,17-19,25-26H,5-9,11H2,1-4H3/t14-,15?,17?,18?,19?,20-,21-,22-/m0/s1. The van der Waals surface area contributed by atoms with E-state index in [0.29, 0.717) is 19.3 Å². The molecule has 5 heteroatoms. The Kier molecular flexibility index (Phi) is 4.18. The summed E-state index contributed by atoms with van der Waals surface area (Å²) in [5.74, 6) is -0.439. The number of fused-ring (bicyclic) bond motifs is 5. The maximum Gasteiger partial charge on any atom is 0.302 e. The average molecular weight is 376 g/mol. The van der Waals surface area contributed by atoms with E-state index in [2.05, 4.69) is 13.8 Å². The van der Waals surface area contributed by atoms with Crippen molar-refractivity contribution in [2.45, 2.75) is 84.0 Å². The highest BCUT2D eigenvalue weighted by Crippen LogP contribution is 2.66. The molecule has 0 aromatic heterocycles. The Bertz CT molecular complexity index is 709. The number of ether oxygens (including phenoxy) is 1. The maximum absolute atomic E-state index is 13.2. The molecular formula is C22H32O5. The summed E-state index contributed by atoms with van der Waals surface area (Å²) < 4.78 is 5.41. The second kappa shape index (κ2) is 5.90. The van der Waals surface area contributed by atoms with Crippen LogP contribution in [-0.4, -0.2) is 39.8 Å². The first-order chi connectivity index (χ1) is 12.5. The highest BCUT2D eigenvalue weighted by Gasteiger charge is 2.66. The first-order valence-corrected chi connectivity index (χ1v) is 10.3. The van der Waals surface area contributed by atoms with Crippen LogP contribution in [0.5, 0.6) is 0 Å². The van der Waals surface area contributed by atoms with Crippen molar-refractivity contribution in [2.75, 3.05) is 0 Å². The number of aliphatic hydroxyl groups excluding tert-OH is 1. The van der Waals surface area contributed by atoms with Gasteiger partial charge in [-0.2, -0.15) is 0 Å². The molecule has 0 spiro atoms. The Labute approximate surface area is 161 Å². The van der Waals surface area contributed by atoms with Gasteiger partial charge in [-0.25, -0.2) is 0 Å². The third-order valence-electron chi connectivity index (χ3n) is 8.74. The topological polar surface area (TPSA) is 83.8 Å². The monoisotopic (exact) mass is 376 g/mol. The van der Waals surface area contributed by atoms with Crippen molar-refractivity contribution >= 4 is 11.8 Å². The fourth-order valence-electron chi connectivity index (χ4n) is 7.04. The third kappa shape index (κ3) is 2.57. The predicted octanol–water partition coefficient (Wildman–Crippen LogP) is 2.78. The molecule has 4 aliphatic rings. The van der Waals surface area contributed by atoms with Crippen LogP contribution in [0.1, 0.15) is 66.2 Å². The van der Waals surface area contributed by atoms with Crippen molar-refractivity contribution in [3.8, 4) is 0 Å². The van der Waals surface area contributed by atoms with Crippen LogP contribution in [0.25, 0.3) is 0 Å². The van der Waals surface area contributed by atoms with Crippen molar-refractivity contribution in [3.05, 3.63) is 11.6 Å². The first-order valence-electron chi connectivity index (χ1n) is 10.3. The number of rotatable bonds is 1. The highest BCUT2D eigenvalue weighted by molar-refractivity contribution is 5.94. The van der Waals surface area contributed by atoms with E-state index in [9.17, 15) is 19.8 Å². The Morgan fingerprint density at radius 2 is 1.93 bits per heavy atom. The lowest BCUT2D eigenvalue weighted by atomic mass is 9.46. The van der Waals surface area contributed by atoms with E-state index < -0.39 is 17.1 Å². The molecule has 0 heterocycles. The highest BCUT2D eigenvalue weighted by atomic mass is 16.5. The minimum Gasteiger partial charge on any atom is -0.462 e. The van der Waals surface area contributed by atoms with Gasteiger partial charge in [0.25, 0.3) is 0 Å². The van der Waals surface area contributed by atoms with Crippen LogP contribution >= 0.6 is 0 Å². The maximum atomic E-state index is 13.2. The van der Waals surface area contributed by atoms with Gasteiger partial charge in [-0.1, -0.05) is 19.4 Å². The van der Waals surface area contributed by atoms with E-state index in [1.807, 2.05) is 6.92 Å². The lowest BCUT2D eigenvalue weighted by molar-refractivity contribution is -0.172. The van der Waals surface area contributed by atoms with Crippen LogP contribution in [-0.2, 0) is 14.3 Å². The van der Waals surface area contributed by atoms with Gasteiger partial charge in [-0.3, -0.25) is 9.59 Å². The second-order valence-corrected chi connectivity index (χ2v) is 10.1. The Morgan fingerprint density at radius 1 is 1.22 bits per heavy atom. The van der Waals surface area contributed by atoms with Crippen LogP contribution < -0.4 is 0 Å². The molecule has 150 valence electrons. The summed E-state index contributed by atoms with van der Waals surface area (Å²) in [4.78, 5) is 24.6. The minimum atomic E-state index is -0.845. The Hall–Kier alpha value is -1.20. The molecule has 4 unspecified atom stereocenters. The summed E-state index contributed by atoms with van der Waals surface area (Å²) in [5.41, 5.74) is -0.495. The van der Waals surface area contributed by atoms with Gasteiger partial charge in [-0.15, -0.1) is 0 Å². The minimum absolute atomic E-state index is 0.0867. The zero-order valence-corrected chi connectivity index (χ0v) is 16.8. The smallest absolute Gasteiger partial charge is 0.302 e. The van der Waals surface area contributed by atoms with Gasteiger partial charge in [0.1, 0.15) is 6.10 Å². The van der Waals surface area contributed by atoms with Crippen molar-refractivity contribution in [1.29, 1.82) is 0 Å². The van der Waals surface area contributed by atoms with Gasteiger partial charge in [0, 0.05) is 30.6 Å². The molecule has 0 amide bonds. The molecule has 2 N–H and O–H groups in total. The summed E-state index contributed by atoms with van der Waals surface area (Å²) in [7, 11) is 0. The molecule has 0 aliphatic heterocycles. The Balaban J connectivity index is 1.71. The largest absolute Gasteiger partial charge is 0.462 e. The molecule has 8 atom stereocenters. The van der Waals surface area contributed by atoms with Gasteiger partial charge in [0.15, 0.2) is 5.78 Å². The van der Waals surface area contributed by atoms with E-state index in [-0.39, 0.29) is 41.0 Å². The molecule has 0 bridgehead atoms. The lowest BCUT2D eigenvalue weighted by Crippen LogP contribution is -2.61. The van der Waals surface area contributed by atoms with Gasteiger partial charge in [0.05, 0.1) is 11.7 Å². The number of ketones is 1. The van der Waals surface area contributed by atoms with Crippen LogP contribution in [0, 0.1) is 28.6 Å². The number of carbonyl (C=O) groups is 2. The van der Waals surface area contributed by atoms with Gasteiger partial charge in [-0.05, 0) is 56.4 Å². The summed E-state index contributed by atoms with van der Waals surface area (Å²) in [6.45, 7) is 7.50. The third-order valence-corrected chi connectivity index (χ3v) is 8.74. The van der Waals surface area contributed by atoms with Crippen LogP contribution in [0.3, 0.4) is 0 Å². The summed E-state index contributed by atoms with van der Waals surface area (Å²) in [5, 5.41) is 22.2. The summed E-state index contributed by atoms with van der Waals surface area (Å²) in [6.07, 6.45) is 5.19. The normalized spacial score (nSPS) is 51.7. The molecule has 4 aliphatic carbocycles. The van der Waals surface area contributed by atoms with Gasteiger partial charge >= 0.3 is 5.97 Å². The zero-order valence-electron chi connectivity index (χ0n) is 16.8.